The van der Waals surface area contributed by atoms with Crippen LogP contribution in [0.2, 0.25) is 0 Å². The molecule has 4 heteroatoms. The summed E-state index contributed by atoms with van der Waals surface area (Å²) in [6.07, 6.45) is 2.80. The summed E-state index contributed by atoms with van der Waals surface area (Å²) in [5.74, 6) is 0.741. The van der Waals surface area contributed by atoms with Crippen molar-refractivity contribution in [3.05, 3.63) is 18.0 Å². The molecule has 2 N–H and O–H groups in total. The number of anilines is 1. The van der Waals surface area contributed by atoms with E-state index in [9.17, 15) is 0 Å². The Hall–Kier alpha value is -1.16. The predicted molar refractivity (Wildman–Crippen MR) is 62.7 cm³/mol. The molecule has 15 heavy (non-hydrogen) atoms. The van der Waals surface area contributed by atoms with E-state index in [-0.39, 0.29) is 5.54 Å². The van der Waals surface area contributed by atoms with Gasteiger partial charge in [0.15, 0.2) is 0 Å². The van der Waals surface area contributed by atoms with E-state index < -0.39 is 0 Å². The average Bonchev–Trinajstić information content (AvgIpc) is 2.28. The van der Waals surface area contributed by atoms with E-state index in [1.165, 1.54) is 0 Å². The molecule has 0 aliphatic heterocycles. The second kappa shape index (κ2) is 4.57. The first-order chi connectivity index (χ1) is 7.01. The molecular formula is C11H20N4. The Morgan fingerprint density at radius 2 is 2.13 bits per heavy atom. The van der Waals surface area contributed by atoms with Gasteiger partial charge in [0.2, 0.25) is 5.95 Å². The minimum Gasteiger partial charge on any atom is -0.339 e. The van der Waals surface area contributed by atoms with Gasteiger partial charge in [-0.2, -0.15) is 0 Å². The minimum absolute atomic E-state index is 0.0627. The molecule has 0 bridgehead atoms. The van der Waals surface area contributed by atoms with E-state index in [1.54, 1.807) is 6.20 Å². The fourth-order valence-electron chi connectivity index (χ4n) is 1.17. The lowest BCUT2D eigenvalue weighted by Gasteiger charge is -2.34. The van der Waals surface area contributed by atoms with Crippen LogP contribution >= 0.6 is 0 Å². The van der Waals surface area contributed by atoms with Gasteiger partial charge < -0.3 is 10.6 Å². The molecule has 84 valence electrons. The highest BCUT2D eigenvalue weighted by atomic mass is 15.3. The molecule has 0 radical (unpaired) electrons. The SMILES string of the molecule is CCC(C)(C)N(C)c1nccc(CN)n1. The Labute approximate surface area is 91.5 Å². The van der Waals surface area contributed by atoms with E-state index in [0.29, 0.717) is 6.54 Å². The van der Waals surface area contributed by atoms with Gasteiger partial charge in [0.1, 0.15) is 0 Å². The summed E-state index contributed by atoms with van der Waals surface area (Å²) in [6.45, 7) is 6.95. The average molecular weight is 208 g/mol. The van der Waals surface area contributed by atoms with Gasteiger partial charge in [0, 0.05) is 25.3 Å². The molecule has 0 amide bonds. The first-order valence-corrected chi connectivity index (χ1v) is 5.27. The van der Waals surface area contributed by atoms with Crippen LogP contribution in [0, 0.1) is 0 Å². The Morgan fingerprint density at radius 1 is 1.47 bits per heavy atom. The van der Waals surface area contributed by atoms with Crippen molar-refractivity contribution in [3.8, 4) is 0 Å². The molecule has 1 rings (SSSR count). The number of nitrogens with zero attached hydrogens (tertiary/aromatic N) is 3. The van der Waals surface area contributed by atoms with Crippen molar-refractivity contribution in [1.82, 2.24) is 9.97 Å². The topological polar surface area (TPSA) is 55.0 Å². The fraction of sp³-hybridized carbons (Fsp3) is 0.636. The van der Waals surface area contributed by atoms with Crippen LogP contribution in [0.5, 0.6) is 0 Å². The van der Waals surface area contributed by atoms with Gasteiger partial charge in [-0.05, 0) is 26.3 Å². The largest absolute Gasteiger partial charge is 0.339 e. The lowest BCUT2D eigenvalue weighted by atomic mass is 10.0. The van der Waals surface area contributed by atoms with Crippen LogP contribution in [0.4, 0.5) is 5.95 Å². The van der Waals surface area contributed by atoms with Crippen molar-refractivity contribution in [2.45, 2.75) is 39.3 Å². The molecule has 4 nitrogen and oxygen atoms in total. The zero-order valence-electron chi connectivity index (χ0n) is 9.99. The van der Waals surface area contributed by atoms with Gasteiger partial charge in [0.25, 0.3) is 0 Å². The summed E-state index contributed by atoms with van der Waals surface area (Å²) in [7, 11) is 2.01. The molecule has 1 aromatic rings. The molecule has 0 unspecified atom stereocenters. The lowest BCUT2D eigenvalue weighted by molar-refractivity contribution is 0.462. The summed E-state index contributed by atoms with van der Waals surface area (Å²) in [5, 5.41) is 0. The summed E-state index contributed by atoms with van der Waals surface area (Å²) in [4.78, 5) is 10.7. The maximum Gasteiger partial charge on any atom is 0.225 e. The zero-order valence-corrected chi connectivity index (χ0v) is 9.99. The number of aromatic nitrogens is 2. The van der Waals surface area contributed by atoms with Gasteiger partial charge in [-0.3, -0.25) is 0 Å². The number of rotatable bonds is 4. The van der Waals surface area contributed by atoms with Crippen molar-refractivity contribution in [2.24, 2.45) is 5.73 Å². The summed E-state index contributed by atoms with van der Waals surface area (Å²) in [6, 6.07) is 1.84. The van der Waals surface area contributed by atoms with Crippen molar-refractivity contribution in [1.29, 1.82) is 0 Å². The summed E-state index contributed by atoms with van der Waals surface area (Å²) < 4.78 is 0. The predicted octanol–water partition coefficient (Wildman–Crippen LogP) is 1.56. The van der Waals surface area contributed by atoms with E-state index in [4.69, 9.17) is 5.73 Å². The first-order valence-electron chi connectivity index (χ1n) is 5.27. The molecular weight excluding hydrogens is 188 g/mol. The molecule has 0 aromatic carbocycles. The smallest absolute Gasteiger partial charge is 0.225 e. The molecule has 0 spiro atoms. The maximum atomic E-state index is 5.55. The van der Waals surface area contributed by atoms with Crippen molar-refractivity contribution < 1.29 is 0 Å². The van der Waals surface area contributed by atoms with E-state index in [2.05, 4.69) is 35.6 Å². The van der Waals surface area contributed by atoms with Crippen molar-refractivity contribution in [2.75, 3.05) is 11.9 Å². The first kappa shape index (κ1) is 11.9. The van der Waals surface area contributed by atoms with Gasteiger partial charge in [-0.1, -0.05) is 6.92 Å². The third-order valence-corrected chi connectivity index (χ3v) is 2.98. The third-order valence-electron chi connectivity index (χ3n) is 2.98. The standard InChI is InChI=1S/C11H20N4/c1-5-11(2,3)15(4)10-13-7-6-9(8-12)14-10/h6-7H,5,8,12H2,1-4H3. The zero-order chi connectivity index (χ0) is 11.5. The highest BCUT2D eigenvalue weighted by molar-refractivity contribution is 5.32. The maximum absolute atomic E-state index is 5.55. The molecule has 0 atom stereocenters. The van der Waals surface area contributed by atoms with Crippen molar-refractivity contribution in [3.63, 3.8) is 0 Å². The summed E-state index contributed by atoms with van der Waals surface area (Å²) in [5.41, 5.74) is 6.49. The van der Waals surface area contributed by atoms with Crippen LogP contribution in [0.25, 0.3) is 0 Å². The van der Waals surface area contributed by atoms with E-state index in [1.807, 2.05) is 13.1 Å². The monoisotopic (exact) mass is 208 g/mol. The Balaban J connectivity index is 2.95. The molecule has 1 aromatic heterocycles. The second-order valence-corrected chi connectivity index (χ2v) is 4.28. The van der Waals surface area contributed by atoms with Crippen LogP contribution in [0.1, 0.15) is 32.9 Å². The molecule has 0 fully saturated rings. The normalized spacial score (nSPS) is 11.5. The van der Waals surface area contributed by atoms with Gasteiger partial charge in [-0.15, -0.1) is 0 Å². The Bertz CT molecular complexity index is 322. The van der Waals surface area contributed by atoms with Crippen LogP contribution in [-0.4, -0.2) is 22.6 Å². The molecule has 1 heterocycles. The molecule has 0 saturated heterocycles. The quantitative estimate of drug-likeness (QED) is 0.816. The number of hydrogen-bond acceptors (Lipinski definition) is 4. The molecule has 0 saturated carbocycles. The van der Waals surface area contributed by atoms with Gasteiger partial charge >= 0.3 is 0 Å². The van der Waals surface area contributed by atoms with E-state index >= 15 is 0 Å². The van der Waals surface area contributed by atoms with Gasteiger partial charge in [-0.25, -0.2) is 9.97 Å². The van der Waals surface area contributed by atoms with Gasteiger partial charge in [0.05, 0.1) is 5.69 Å². The number of nitrogens with two attached hydrogens (primary N) is 1. The van der Waals surface area contributed by atoms with Crippen molar-refractivity contribution >= 4 is 5.95 Å². The van der Waals surface area contributed by atoms with Crippen LogP contribution < -0.4 is 10.6 Å². The lowest BCUT2D eigenvalue weighted by Crippen LogP contribution is -2.41. The van der Waals surface area contributed by atoms with E-state index in [0.717, 1.165) is 18.1 Å². The highest BCUT2D eigenvalue weighted by Gasteiger charge is 2.23. The highest BCUT2D eigenvalue weighted by Crippen LogP contribution is 2.21. The second-order valence-electron chi connectivity index (χ2n) is 4.28. The Kier molecular flexibility index (Phi) is 3.63. The molecule has 0 aliphatic carbocycles. The Morgan fingerprint density at radius 3 is 2.67 bits per heavy atom. The summed E-state index contributed by atoms with van der Waals surface area (Å²) >= 11 is 0. The van der Waals surface area contributed by atoms with Crippen LogP contribution in [-0.2, 0) is 6.54 Å². The van der Waals surface area contributed by atoms with Crippen LogP contribution in [0.15, 0.2) is 12.3 Å². The number of hydrogen-bond donors (Lipinski definition) is 1. The fourth-order valence-corrected chi connectivity index (χ4v) is 1.17. The third kappa shape index (κ3) is 2.65. The van der Waals surface area contributed by atoms with Crippen LogP contribution in [0.3, 0.4) is 0 Å². The molecule has 0 aliphatic rings. The minimum atomic E-state index is 0.0627.